The van der Waals surface area contributed by atoms with E-state index in [-0.39, 0.29) is 0 Å². The Labute approximate surface area is 70.1 Å². The summed E-state index contributed by atoms with van der Waals surface area (Å²) in [4.78, 5) is 7.84. The highest BCUT2D eigenvalue weighted by atomic mass is 32.1. The summed E-state index contributed by atoms with van der Waals surface area (Å²) in [5.74, 6) is 0. The molecule has 1 saturated heterocycles. The van der Waals surface area contributed by atoms with Crippen LogP contribution in [0.5, 0.6) is 0 Å². The molecule has 1 aliphatic heterocycles. The van der Waals surface area contributed by atoms with Crippen molar-refractivity contribution in [2.45, 2.75) is 19.4 Å². The first kappa shape index (κ1) is 7.28. The van der Waals surface area contributed by atoms with E-state index in [1.165, 1.54) is 9.75 Å². The van der Waals surface area contributed by atoms with Crippen LogP contribution < -0.4 is 5.48 Å². The maximum Gasteiger partial charge on any atom is 0.0701 e. The molecular weight excluding hydrogens is 158 g/mol. The van der Waals surface area contributed by atoms with Gasteiger partial charge in [-0.15, -0.1) is 11.3 Å². The summed E-state index contributed by atoms with van der Waals surface area (Å²) in [5.41, 5.74) is 3.00. The van der Waals surface area contributed by atoms with E-state index in [9.17, 15) is 0 Å². The van der Waals surface area contributed by atoms with E-state index in [0.717, 1.165) is 13.0 Å². The Kier molecular flexibility index (Phi) is 1.94. The van der Waals surface area contributed by atoms with Crippen molar-refractivity contribution in [3.05, 3.63) is 21.9 Å². The number of thiophene rings is 1. The molecule has 0 aromatic carbocycles. The number of hydrogen-bond donors (Lipinski definition) is 1. The van der Waals surface area contributed by atoms with Crippen LogP contribution in [0.15, 0.2) is 12.1 Å². The van der Waals surface area contributed by atoms with Gasteiger partial charge in [0.2, 0.25) is 0 Å². The maximum atomic E-state index is 5.08. The number of rotatable bonds is 1. The van der Waals surface area contributed by atoms with Gasteiger partial charge in [-0.2, -0.15) is 5.48 Å². The Morgan fingerprint density at radius 1 is 1.64 bits per heavy atom. The number of aryl methyl sites for hydroxylation is 1. The fraction of sp³-hybridized carbons (Fsp3) is 0.500. The summed E-state index contributed by atoms with van der Waals surface area (Å²) in [7, 11) is 0. The van der Waals surface area contributed by atoms with E-state index in [0.29, 0.717) is 6.04 Å². The first-order valence-electron chi connectivity index (χ1n) is 3.80. The van der Waals surface area contributed by atoms with E-state index in [1.54, 1.807) is 0 Å². The van der Waals surface area contributed by atoms with Gasteiger partial charge in [-0.3, -0.25) is 0 Å². The topological polar surface area (TPSA) is 21.3 Å². The average Bonchev–Trinajstić information content (AvgIpc) is 2.55. The molecule has 0 bridgehead atoms. The lowest BCUT2D eigenvalue weighted by Gasteiger charge is -2.03. The highest BCUT2D eigenvalue weighted by Crippen LogP contribution is 2.27. The molecule has 1 N–H and O–H groups in total. The van der Waals surface area contributed by atoms with Gasteiger partial charge >= 0.3 is 0 Å². The van der Waals surface area contributed by atoms with Crippen LogP contribution in [0.3, 0.4) is 0 Å². The number of hydroxylamine groups is 1. The second-order valence-electron chi connectivity index (χ2n) is 2.76. The minimum absolute atomic E-state index is 0.439. The van der Waals surface area contributed by atoms with Gasteiger partial charge in [0, 0.05) is 9.75 Å². The van der Waals surface area contributed by atoms with Crippen LogP contribution in [0.1, 0.15) is 22.2 Å². The normalized spacial score (nSPS) is 24.3. The van der Waals surface area contributed by atoms with E-state index >= 15 is 0 Å². The minimum Gasteiger partial charge on any atom is -0.301 e. The molecule has 1 atom stereocenters. The van der Waals surface area contributed by atoms with Crippen molar-refractivity contribution in [3.8, 4) is 0 Å². The molecule has 0 aliphatic carbocycles. The summed E-state index contributed by atoms with van der Waals surface area (Å²) < 4.78 is 0. The molecular formula is C8H11NOS. The third-order valence-electron chi connectivity index (χ3n) is 1.84. The van der Waals surface area contributed by atoms with Crippen LogP contribution in [-0.2, 0) is 4.84 Å². The summed E-state index contributed by atoms with van der Waals surface area (Å²) in [6.45, 7) is 2.96. The maximum absolute atomic E-state index is 5.08. The molecule has 60 valence electrons. The molecule has 11 heavy (non-hydrogen) atoms. The van der Waals surface area contributed by atoms with Crippen molar-refractivity contribution in [2.75, 3.05) is 6.61 Å². The SMILES string of the molecule is Cc1ccc(C2CCON2)s1. The first-order valence-corrected chi connectivity index (χ1v) is 4.61. The van der Waals surface area contributed by atoms with Crippen LogP contribution >= 0.6 is 11.3 Å². The highest BCUT2D eigenvalue weighted by Gasteiger charge is 2.17. The highest BCUT2D eigenvalue weighted by molar-refractivity contribution is 7.12. The predicted octanol–water partition coefficient (Wildman–Crippen LogP) is 2.02. The Bertz CT molecular complexity index is 240. The quantitative estimate of drug-likeness (QED) is 0.694. The lowest BCUT2D eigenvalue weighted by atomic mass is 10.2. The zero-order valence-corrected chi connectivity index (χ0v) is 7.28. The molecule has 3 heteroatoms. The van der Waals surface area contributed by atoms with Gasteiger partial charge in [0.25, 0.3) is 0 Å². The first-order chi connectivity index (χ1) is 5.36. The average molecular weight is 169 g/mol. The summed E-state index contributed by atoms with van der Waals surface area (Å²) in [6, 6.07) is 4.76. The summed E-state index contributed by atoms with van der Waals surface area (Å²) >= 11 is 1.84. The fourth-order valence-corrected chi connectivity index (χ4v) is 2.19. The fourth-order valence-electron chi connectivity index (χ4n) is 1.24. The van der Waals surface area contributed by atoms with Gasteiger partial charge in [-0.25, -0.2) is 0 Å². The van der Waals surface area contributed by atoms with Gasteiger partial charge < -0.3 is 4.84 Å². The zero-order chi connectivity index (χ0) is 7.68. The lowest BCUT2D eigenvalue weighted by molar-refractivity contribution is 0.0888. The van der Waals surface area contributed by atoms with E-state index in [2.05, 4.69) is 24.5 Å². The molecule has 0 amide bonds. The third kappa shape index (κ3) is 1.45. The molecule has 1 aromatic rings. The van der Waals surface area contributed by atoms with Crippen LogP contribution in [0, 0.1) is 6.92 Å². The second kappa shape index (κ2) is 2.93. The summed E-state index contributed by atoms with van der Waals surface area (Å²) in [6.07, 6.45) is 1.10. The van der Waals surface area contributed by atoms with Crippen molar-refractivity contribution in [1.29, 1.82) is 0 Å². The largest absolute Gasteiger partial charge is 0.301 e. The molecule has 2 heterocycles. The molecule has 0 radical (unpaired) electrons. The van der Waals surface area contributed by atoms with Crippen molar-refractivity contribution < 1.29 is 4.84 Å². The molecule has 1 fully saturated rings. The van der Waals surface area contributed by atoms with Crippen LogP contribution in [0.2, 0.25) is 0 Å². The van der Waals surface area contributed by atoms with Gasteiger partial charge in [-0.1, -0.05) is 0 Å². The summed E-state index contributed by atoms with van der Waals surface area (Å²) in [5, 5.41) is 0. The lowest BCUT2D eigenvalue weighted by Crippen LogP contribution is -2.09. The Morgan fingerprint density at radius 2 is 2.55 bits per heavy atom. The zero-order valence-electron chi connectivity index (χ0n) is 6.46. The third-order valence-corrected chi connectivity index (χ3v) is 2.95. The van der Waals surface area contributed by atoms with Crippen LogP contribution in [0.4, 0.5) is 0 Å². The van der Waals surface area contributed by atoms with Crippen molar-refractivity contribution in [1.82, 2.24) is 5.48 Å². The monoisotopic (exact) mass is 169 g/mol. The van der Waals surface area contributed by atoms with Gasteiger partial charge in [0.1, 0.15) is 0 Å². The van der Waals surface area contributed by atoms with E-state index in [4.69, 9.17) is 4.84 Å². The molecule has 2 nitrogen and oxygen atoms in total. The van der Waals surface area contributed by atoms with Crippen LogP contribution in [0.25, 0.3) is 0 Å². The Hall–Kier alpha value is -0.380. The van der Waals surface area contributed by atoms with Gasteiger partial charge in [-0.05, 0) is 25.5 Å². The van der Waals surface area contributed by atoms with E-state index in [1.807, 2.05) is 11.3 Å². The molecule has 1 aliphatic rings. The van der Waals surface area contributed by atoms with Gasteiger partial charge in [0.15, 0.2) is 0 Å². The van der Waals surface area contributed by atoms with Crippen molar-refractivity contribution >= 4 is 11.3 Å². The second-order valence-corrected chi connectivity index (χ2v) is 4.08. The molecule has 2 rings (SSSR count). The Balaban J connectivity index is 2.15. The smallest absolute Gasteiger partial charge is 0.0701 e. The molecule has 0 spiro atoms. The molecule has 1 aromatic heterocycles. The van der Waals surface area contributed by atoms with Crippen LogP contribution in [-0.4, -0.2) is 6.61 Å². The van der Waals surface area contributed by atoms with E-state index < -0.39 is 0 Å². The predicted molar refractivity (Wildman–Crippen MR) is 45.5 cm³/mol. The number of nitrogens with one attached hydrogen (secondary N) is 1. The van der Waals surface area contributed by atoms with Crippen molar-refractivity contribution in [3.63, 3.8) is 0 Å². The van der Waals surface area contributed by atoms with Crippen molar-refractivity contribution in [2.24, 2.45) is 0 Å². The minimum atomic E-state index is 0.439. The molecule has 0 saturated carbocycles. The number of hydrogen-bond acceptors (Lipinski definition) is 3. The van der Waals surface area contributed by atoms with Gasteiger partial charge in [0.05, 0.1) is 12.6 Å². The Morgan fingerprint density at radius 3 is 3.09 bits per heavy atom. The standard InChI is InChI=1S/C8H11NOS/c1-6-2-3-8(11-6)7-4-5-10-9-7/h2-3,7,9H,4-5H2,1H3. The molecule has 1 unspecified atom stereocenters.